The van der Waals surface area contributed by atoms with E-state index in [9.17, 15) is 4.79 Å². The first-order valence-corrected chi connectivity index (χ1v) is 6.30. The van der Waals surface area contributed by atoms with E-state index in [0.717, 1.165) is 5.56 Å². The number of carbonyl (C=O) groups is 1. The highest BCUT2D eigenvalue weighted by Crippen LogP contribution is 2.11. The number of carbonyl (C=O) groups excluding carboxylic acids is 1. The molecular weight excluding hydrogens is 238 g/mol. The highest BCUT2D eigenvalue weighted by molar-refractivity contribution is 5.74. The van der Waals surface area contributed by atoms with Crippen LogP contribution in [0.3, 0.4) is 0 Å². The summed E-state index contributed by atoms with van der Waals surface area (Å²) < 4.78 is 5.20. The summed E-state index contributed by atoms with van der Waals surface area (Å²) in [6, 6.07) is 19.2. The van der Waals surface area contributed by atoms with Gasteiger partial charge in [-0.05, 0) is 24.6 Å². The lowest BCUT2D eigenvalue weighted by atomic mass is 10.1. The summed E-state index contributed by atoms with van der Waals surface area (Å²) >= 11 is 0. The molecule has 3 nitrogen and oxygen atoms in total. The quantitative estimate of drug-likeness (QED) is 0.659. The SMILES string of the molecule is CC(NCC(=O)Oc1ccccc1)c1ccccc1. The molecule has 0 heterocycles. The Morgan fingerprint density at radius 1 is 1.05 bits per heavy atom. The number of hydrogen-bond acceptors (Lipinski definition) is 3. The van der Waals surface area contributed by atoms with Gasteiger partial charge >= 0.3 is 5.97 Å². The second-order valence-electron chi connectivity index (χ2n) is 4.30. The number of benzene rings is 2. The number of ether oxygens (including phenoxy) is 1. The molecule has 1 atom stereocenters. The molecule has 0 amide bonds. The van der Waals surface area contributed by atoms with Gasteiger partial charge < -0.3 is 10.1 Å². The smallest absolute Gasteiger partial charge is 0.325 e. The first-order chi connectivity index (χ1) is 9.25. The van der Waals surface area contributed by atoms with Crippen LogP contribution in [-0.4, -0.2) is 12.5 Å². The fraction of sp³-hybridized carbons (Fsp3) is 0.188. The van der Waals surface area contributed by atoms with Crippen LogP contribution in [0.4, 0.5) is 0 Å². The average molecular weight is 255 g/mol. The zero-order valence-electron chi connectivity index (χ0n) is 10.9. The molecule has 1 unspecified atom stereocenters. The molecule has 2 rings (SSSR count). The Hall–Kier alpha value is -2.13. The molecule has 0 saturated heterocycles. The summed E-state index contributed by atoms with van der Waals surface area (Å²) in [5.74, 6) is 0.288. The molecule has 2 aromatic rings. The maximum absolute atomic E-state index is 11.7. The van der Waals surface area contributed by atoms with Crippen molar-refractivity contribution in [2.45, 2.75) is 13.0 Å². The summed E-state index contributed by atoms with van der Waals surface area (Å²) in [6.45, 7) is 2.20. The minimum Gasteiger partial charge on any atom is -0.426 e. The standard InChI is InChI=1S/C16H17NO2/c1-13(14-8-4-2-5-9-14)17-12-16(18)19-15-10-6-3-7-11-15/h2-11,13,17H,12H2,1H3. The molecule has 0 saturated carbocycles. The molecule has 0 spiro atoms. The van der Waals surface area contributed by atoms with E-state index >= 15 is 0 Å². The highest BCUT2D eigenvalue weighted by atomic mass is 16.5. The molecule has 0 aromatic heterocycles. The van der Waals surface area contributed by atoms with Crippen molar-refractivity contribution in [3.8, 4) is 5.75 Å². The summed E-state index contributed by atoms with van der Waals surface area (Å²) in [5, 5.41) is 3.14. The maximum atomic E-state index is 11.7. The van der Waals surface area contributed by atoms with Crippen molar-refractivity contribution in [1.29, 1.82) is 0 Å². The molecule has 2 aromatic carbocycles. The van der Waals surface area contributed by atoms with Crippen LogP contribution in [0.15, 0.2) is 60.7 Å². The van der Waals surface area contributed by atoms with Crippen molar-refractivity contribution in [2.75, 3.05) is 6.54 Å². The van der Waals surface area contributed by atoms with E-state index in [1.54, 1.807) is 12.1 Å². The van der Waals surface area contributed by atoms with E-state index in [1.807, 2.05) is 55.5 Å². The number of para-hydroxylation sites is 1. The van der Waals surface area contributed by atoms with Crippen LogP contribution in [0, 0.1) is 0 Å². The third-order valence-electron chi connectivity index (χ3n) is 2.83. The van der Waals surface area contributed by atoms with Crippen molar-refractivity contribution in [3.63, 3.8) is 0 Å². The summed E-state index contributed by atoms with van der Waals surface area (Å²) in [4.78, 5) is 11.7. The lowest BCUT2D eigenvalue weighted by Gasteiger charge is -2.13. The van der Waals surface area contributed by atoms with Crippen LogP contribution in [0.5, 0.6) is 5.75 Å². The van der Waals surface area contributed by atoms with Gasteiger partial charge in [-0.2, -0.15) is 0 Å². The fourth-order valence-corrected chi connectivity index (χ4v) is 1.75. The number of rotatable bonds is 5. The van der Waals surface area contributed by atoms with Crippen molar-refractivity contribution >= 4 is 5.97 Å². The van der Waals surface area contributed by atoms with Crippen molar-refractivity contribution in [3.05, 3.63) is 66.2 Å². The normalized spacial score (nSPS) is 11.8. The molecule has 1 N–H and O–H groups in total. The Kier molecular flexibility index (Phi) is 4.70. The minimum atomic E-state index is -0.283. The molecule has 0 aliphatic rings. The van der Waals surface area contributed by atoms with Crippen LogP contribution in [0.1, 0.15) is 18.5 Å². The van der Waals surface area contributed by atoms with Crippen LogP contribution in [-0.2, 0) is 4.79 Å². The van der Waals surface area contributed by atoms with Crippen LogP contribution in [0.25, 0.3) is 0 Å². The molecular formula is C16H17NO2. The molecule has 0 bridgehead atoms. The van der Waals surface area contributed by atoms with Gasteiger partial charge in [0.05, 0.1) is 6.54 Å². The van der Waals surface area contributed by atoms with Crippen molar-refractivity contribution in [2.24, 2.45) is 0 Å². The van der Waals surface area contributed by atoms with Gasteiger partial charge in [0.1, 0.15) is 5.75 Å². The van der Waals surface area contributed by atoms with Gasteiger partial charge in [-0.3, -0.25) is 4.79 Å². The highest BCUT2D eigenvalue weighted by Gasteiger charge is 2.08. The second-order valence-corrected chi connectivity index (χ2v) is 4.30. The van der Waals surface area contributed by atoms with Crippen LogP contribution >= 0.6 is 0 Å². The average Bonchev–Trinajstić information content (AvgIpc) is 2.47. The Morgan fingerprint density at radius 3 is 2.26 bits per heavy atom. The zero-order valence-corrected chi connectivity index (χ0v) is 10.9. The largest absolute Gasteiger partial charge is 0.426 e. The maximum Gasteiger partial charge on any atom is 0.325 e. The molecule has 0 fully saturated rings. The van der Waals surface area contributed by atoms with E-state index in [0.29, 0.717) is 5.75 Å². The Balaban J connectivity index is 1.81. The van der Waals surface area contributed by atoms with E-state index in [-0.39, 0.29) is 18.6 Å². The van der Waals surface area contributed by atoms with E-state index in [4.69, 9.17) is 4.74 Å². The minimum absolute atomic E-state index is 0.115. The number of hydrogen-bond donors (Lipinski definition) is 1. The van der Waals surface area contributed by atoms with E-state index in [1.165, 1.54) is 0 Å². The first kappa shape index (κ1) is 13.3. The molecule has 3 heteroatoms. The number of esters is 1. The number of nitrogens with one attached hydrogen (secondary N) is 1. The fourth-order valence-electron chi connectivity index (χ4n) is 1.75. The third-order valence-corrected chi connectivity index (χ3v) is 2.83. The monoisotopic (exact) mass is 255 g/mol. The van der Waals surface area contributed by atoms with Gasteiger partial charge in [-0.1, -0.05) is 48.5 Å². The lowest BCUT2D eigenvalue weighted by Crippen LogP contribution is -2.28. The van der Waals surface area contributed by atoms with Gasteiger partial charge in [-0.15, -0.1) is 0 Å². The lowest BCUT2D eigenvalue weighted by molar-refractivity contribution is -0.133. The van der Waals surface area contributed by atoms with Gasteiger partial charge in [0.15, 0.2) is 0 Å². The van der Waals surface area contributed by atoms with Crippen molar-refractivity contribution < 1.29 is 9.53 Å². The predicted molar refractivity (Wildman–Crippen MR) is 74.9 cm³/mol. The predicted octanol–water partition coefficient (Wildman–Crippen LogP) is 2.94. The van der Waals surface area contributed by atoms with Gasteiger partial charge in [0, 0.05) is 6.04 Å². The second kappa shape index (κ2) is 6.71. The van der Waals surface area contributed by atoms with Crippen LogP contribution < -0.4 is 10.1 Å². The molecule has 19 heavy (non-hydrogen) atoms. The molecule has 98 valence electrons. The van der Waals surface area contributed by atoms with Crippen molar-refractivity contribution in [1.82, 2.24) is 5.32 Å². The Morgan fingerprint density at radius 2 is 1.63 bits per heavy atom. The van der Waals surface area contributed by atoms with Gasteiger partial charge in [0.25, 0.3) is 0 Å². The van der Waals surface area contributed by atoms with Gasteiger partial charge in [-0.25, -0.2) is 0 Å². The molecule has 0 radical (unpaired) electrons. The summed E-state index contributed by atoms with van der Waals surface area (Å²) in [6.07, 6.45) is 0. The van der Waals surface area contributed by atoms with Crippen LogP contribution in [0.2, 0.25) is 0 Å². The molecule has 0 aliphatic heterocycles. The first-order valence-electron chi connectivity index (χ1n) is 6.30. The summed E-state index contributed by atoms with van der Waals surface area (Å²) in [7, 11) is 0. The molecule has 0 aliphatic carbocycles. The third kappa shape index (κ3) is 4.23. The summed E-state index contributed by atoms with van der Waals surface area (Å²) in [5.41, 5.74) is 1.15. The zero-order chi connectivity index (χ0) is 13.5. The Labute approximate surface area is 113 Å². The van der Waals surface area contributed by atoms with Gasteiger partial charge in [0.2, 0.25) is 0 Å². The topological polar surface area (TPSA) is 38.3 Å². The van der Waals surface area contributed by atoms with E-state index in [2.05, 4.69) is 5.32 Å². The van der Waals surface area contributed by atoms with E-state index < -0.39 is 0 Å². The Bertz CT molecular complexity index is 511.